The van der Waals surface area contributed by atoms with Crippen molar-refractivity contribution in [2.24, 2.45) is 5.73 Å². The number of likely N-dealkylation sites (N-methyl/N-ethyl adjacent to an activating group) is 1. The third-order valence-corrected chi connectivity index (χ3v) is 4.15. The van der Waals surface area contributed by atoms with Crippen LogP contribution in [0, 0.1) is 0 Å². The molecule has 1 aromatic rings. The Balaban J connectivity index is 2.73. The molecule has 1 unspecified atom stereocenters. The number of nitrogens with two attached hydrogens (primary N) is 1. The van der Waals surface area contributed by atoms with Crippen LogP contribution in [0.4, 0.5) is 0 Å². The molecule has 0 fully saturated rings. The summed E-state index contributed by atoms with van der Waals surface area (Å²) in [6.45, 7) is 2.68. The molecule has 0 aliphatic carbocycles. The highest BCUT2D eigenvalue weighted by Gasteiger charge is 2.18. The van der Waals surface area contributed by atoms with Crippen molar-refractivity contribution in [1.82, 2.24) is 9.80 Å². The van der Waals surface area contributed by atoms with Crippen molar-refractivity contribution in [3.63, 3.8) is 0 Å². The quantitative estimate of drug-likeness (QED) is 0.822. The summed E-state index contributed by atoms with van der Waals surface area (Å²) in [5.41, 5.74) is 7.10. The standard InChI is InChI=1S/C14H23BrClN3/c1-18(2)7-4-8-19(3)14(10-17)12-9-11(16)5-6-13(12)15/h5-6,9,14H,4,7-8,10,17H2,1-3H3. The third kappa shape index (κ3) is 5.40. The monoisotopic (exact) mass is 347 g/mol. The number of nitrogens with zero attached hydrogens (tertiary/aromatic N) is 2. The van der Waals surface area contributed by atoms with E-state index in [4.69, 9.17) is 17.3 Å². The second-order valence-corrected chi connectivity index (χ2v) is 6.35. The van der Waals surface area contributed by atoms with Crippen LogP contribution in [-0.4, -0.2) is 50.6 Å². The minimum atomic E-state index is 0.190. The Morgan fingerprint density at radius 1 is 1.26 bits per heavy atom. The van der Waals surface area contributed by atoms with Crippen molar-refractivity contribution in [2.75, 3.05) is 40.8 Å². The van der Waals surface area contributed by atoms with Crippen LogP contribution < -0.4 is 5.73 Å². The molecule has 0 aromatic heterocycles. The smallest absolute Gasteiger partial charge is 0.0479 e. The molecule has 2 N–H and O–H groups in total. The second kappa shape index (κ2) is 8.22. The van der Waals surface area contributed by atoms with Crippen LogP contribution in [0.3, 0.4) is 0 Å². The van der Waals surface area contributed by atoms with Gasteiger partial charge in [-0.25, -0.2) is 0 Å². The molecule has 0 radical (unpaired) electrons. The van der Waals surface area contributed by atoms with Gasteiger partial charge in [0.15, 0.2) is 0 Å². The van der Waals surface area contributed by atoms with E-state index in [1.807, 2.05) is 18.2 Å². The second-order valence-electron chi connectivity index (χ2n) is 5.05. The van der Waals surface area contributed by atoms with Gasteiger partial charge in [-0.3, -0.25) is 4.90 Å². The Hall–Kier alpha value is -0.130. The van der Waals surface area contributed by atoms with Gasteiger partial charge in [0.1, 0.15) is 0 Å². The Labute approximate surface area is 129 Å². The van der Waals surface area contributed by atoms with Crippen LogP contribution >= 0.6 is 27.5 Å². The van der Waals surface area contributed by atoms with Gasteiger partial charge >= 0.3 is 0 Å². The summed E-state index contributed by atoms with van der Waals surface area (Å²) in [7, 11) is 6.29. The van der Waals surface area contributed by atoms with E-state index in [2.05, 4.69) is 46.9 Å². The average molecular weight is 349 g/mol. The van der Waals surface area contributed by atoms with E-state index in [0.29, 0.717) is 6.54 Å². The van der Waals surface area contributed by atoms with Gasteiger partial charge in [0.25, 0.3) is 0 Å². The zero-order valence-electron chi connectivity index (χ0n) is 11.9. The van der Waals surface area contributed by atoms with Gasteiger partial charge in [-0.1, -0.05) is 27.5 Å². The Kier molecular flexibility index (Phi) is 7.32. The molecule has 108 valence electrons. The highest BCUT2D eigenvalue weighted by atomic mass is 79.9. The number of rotatable bonds is 7. The van der Waals surface area contributed by atoms with Crippen molar-refractivity contribution in [1.29, 1.82) is 0 Å². The Bertz CT molecular complexity index is 398. The molecule has 0 bridgehead atoms. The van der Waals surface area contributed by atoms with E-state index in [0.717, 1.165) is 34.6 Å². The maximum absolute atomic E-state index is 6.08. The summed E-state index contributed by atoms with van der Waals surface area (Å²) in [5, 5.41) is 0.748. The molecule has 1 aromatic carbocycles. The number of hydrogen-bond acceptors (Lipinski definition) is 3. The minimum absolute atomic E-state index is 0.190. The van der Waals surface area contributed by atoms with E-state index in [1.165, 1.54) is 0 Å². The largest absolute Gasteiger partial charge is 0.329 e. The first-order valence-corrected chi connectivity index (χ1v) is 7.62. The van der Waals surface area contributed by atoms with Gasteiger partial charge in [0.05, 0.1) is 0 Å². The molecule has 0 heterocycles. The molecule has 0 aliphatic rings. The van der Waals surface area contributed by atoms with Crippen molar-refractivity contribution in [2.45, 2.75) is 12.5 Å². The van der Waals surface area contributed by atoms with Crippen LogP contribution in [0.2, 0.25) is 5.02 Å². The summed E-state index contributed by atoms with van der Waals surface area (Å²) in [6, 6.07) is 6.05. The predicted octanol–water partition coefficient (Wildman–Crippen LogP) is 2.99. The lowest BCUT2D eigenvalue weighted by molar-refractivity contribution is 0.234. The molecule has 0 saturated heterocycles. The first-order chi connectivity index (χ1) is 8.95. The SMILES string of the molecule is CN(C)CCCN(C)C(CN)c1cc(Cl)ccc1Br. The molecular weight excluding hydrogens is 326 g/mol. The number of benzene rings is 1. The lowest BCUT2D eigenvalue weighted by Crippen LogP contribution is -2.32. The fourth-order valence-corrected chi connectivity index (χ4v) is 2.80. The Morgan fingerprint density at radius 2 is 1.95 bits per heavy atom. The normalized spacial score (nSPS) is 13.3. The van der Waals surface area contributed by atoms with Crippen LogP contribution in [-0.2, 0) is 0 Å². The number of halogens is 2. The van der Waals surface area contributed by atoms with Crippen molar-refractivity contribution in [3.05, 3.63) is 33.3 Å². The van der Waals surface area contributed by atoms with Gasteiger partial charge in [0, 0.05) is 22.1 Å². The van der Waals surface area contributed by atoms with E-state index < -0.39 is 0 Å². The summed E-state index contributed by atoms with van der Waals surface area (Å²) < 4.78 is 1.06. The van der Waals surface area contributed by atoms with E-state index in [9.17, 15) is 0 Å². The summed E-state index contributed by atoms with van der Waals surface area (Å²) in [5.74, 6) is 0. The topological polar surface area (TPSA) is 32.5 Å². The molecule has 0 spiro atoms. The molecule has 0 saturated carbocycles. The summed E-state index contributed by atoms with van der Waals surface area (Å²) in [4.78, 5) is 4.49. The molecule has 1 atom stereocenters. The maximum Gasteiger partial charge on any atom is 0.0479 e. The first-order valence-electron chi connectivity index (χ1n) is 6.45. The highest BCUT2D eigenvalue weighted by molar-refractivity contribution is 9.10. The zero-order valence-corrected chi connectivity index (χ0v) is 14.2. The van der Waals surface area contributed by atoms with E-state index in [1.54, 1.807) is 0 Å². The number of hydrogen-bond donors (Lipinski definition) is 1. The molecule has 0 aliphatic heterocycles. The lowest BCUT2D eigenvalue weighted by atomic mass is 10.1. The van der Waals surface area contributed by atoms with Crippen LogP contribution in [0.1, 0.15) is 18.0 Å². The zero-order chi connectivity index (χ0) is 14.4. The predicted molar refractivity (Wildman–Crippen MR) is 86.7 cm³/mol. The molecular formula is C14H23BrClN3. The van der Waals surface area contributed by atoms with Gasteiger partial charge < -0.3 is 10.6 Å². The molecule has 19 heavy (non-hydrogen) atoms. The van der Waals surface area contributed by atoms with E-state index in [-0.39, 0.29) is 6.04 Å². The fourth-order valence-electron chi connectivity index (χ4n) is 2.11. The Morgan fingerprint density at radius 3 is 2.53 bits per heavy atom. The van der Waals surface area contributed by atoms with Crippen molar-refractivity contribution < 1.29 is 0 Å². The maximum atomic E-state index is 6.08. The molecule has 0 amide bonds. The fraction of sp³-hybridized carbons (Fsp3) is 0.571. The first kappa shape index (κ1) is 16.9. The molecule has 1 rings (SSSR count). The minimum Gasteiger partial charge on any atom is -0.329 e. The molecule has 5 heteroatoms. The van der Waals surface area contributed by atoms with E-state index >= 15 is 0 Å². The third-order valence-electron chi connectivity index (χ3n) is 3.19. The molecule has 3 nitrogen and oxygen atoms in total. The lowest BCUT2D eigenvalue weighted by Gasteiger charge is -2.28. The summed E-state index contributed by atoms with van der Waals surface area (Å²) in [6.07, 6.45) is 1.12. The van der Waals surface area contributed by atoms with Crippen LogP contribution in [0.25, 0.3) is 0 Å². The van der Waals surface area contributed by atoms with Gasteiger partial charge in [-0.2, -0.15) is 0 Å². The highest BCUT2D eigenvalue weighted by Crippen LogP contribution is 2.29. The van der Waals surface area contributed by atoms with Gasteiger partial charge in [-0.15, -0.1) is 0 Å². The van der Waals surface area contributed by atoms with Gasteiger partial charge in [-0.05, 0) is 64.4 Å². The average Bonchev–Trinajstić information content (AvgIpc) is 2.34. The van der Waals surface area contributed by atoms with Crippen LogP contribution in [0.5, 0.6) is 0 Å². The summed E-state index contributed by atoms with van der Waals surface area (Å²) >= 11 is 9.66. The van der Waals surface area contributed by atoms with Crippen molar-refractivity contribution in [3.8, 4) is 0 Å². The van der Waals surface area contributed by atoms with Crippen molar-refractivity contribution >= 4 is 27.5 Å². The van der Waals surface area contributed by atoms with Crippen LogP contribution in [0.15, 0.2) is 22.7 Å². The van der Waals surface area contributed by atoms with Gasteiger partial charge in [0.2, 0.25) is 0 Å².